The lowest BCUT2D eigenvalue weighted by Gasteiger charge is -2.31. The average Bonchev–Trinajstić information content (AvgIpc) is 2.63. The van der Waals surface area contributed by atoms with Crippen LogP contribution in [-0.4, -0.2) is 42.9 Å². The minimum Gasteiger partial charge on any atom is -0.335 e. The van der Waals surface area contributed by atoms with Gasteiger partial charge in [-0.1, -0.05) is 17.7 Å². The van der Waals surface area contributed by atoms with Gasteiger partial charge in [0.05, 0.1) is 16.8 Å². The van der Waals surface area contributed by atoms with Crippen LogP contribution in [0.1, 0.15) is 18.4 Å². The zero-order chi connectivity index (χ0) is 18.6. The number of hydrogen-bond donors (Lipinski definition) is 2. The van der Waals surface area contributed by atoms with E-state index in [1.165, 1.54) is 4.31 Å². The van der Waals surface area contributed by atoms with E-state index in [-0.39, 0.29) is 12.1 Å². The van der Waals surface area contributed by atoms with Gasteiger partial charge in [0, 0.05) is 25.3 Å². The number of carbonyl (C=O) groups is 1. The van der Waals surface area contributed by atoms with Crippen molar-refractivity contribution in [3.05, 3.63) is 54.4 Å². The summed E-state index contributed by atoms with van der Waals surface area (Å²) in [5.74, 6) is 0. The van der Waals surface area contributed by atoms with Gasteiger partial charge in [0.1, 0.15) is 0 Å². The minimum absolute atomic E-state index is 0.0591. The second-order valence-electron chi connectivity index (χ2n) is 6.33. The van der Waals surface area contributed by atoms with Crippen molar-refractivity contribution in [2.45, 2.75) is 30.7 Å². The lowest BCUT2D eigenvalue weighted by Crippen LogP contribution is -2.47. The molecule has 1 aliphatic rings. The van der Waals surface area contributed by atoms with Crippen LogP contribution in [0.4, 0.5) is 10.5 Å². The van der Waals surface area contributed by atoms with Gasteiger partial charge in [-0.15, -0.1) is 0 Å². The molecule has 2 amide bonds. The fourth-order valence-electron chi connectivity index (χ4n) is 2.89. The number of aromatic nitrogens is 1. The van der Waals surface area contributed by atoms with E-state index in [4.69, 9.17) is 0 Å². The summed E-state index contributed by atoms with van der Waals surface area (Å²) in [6.07, 6.45) is 4.35. The molecule has 0 radical (unpaired) electrons. The van der Waals surface area contributed by atoms with Crippen molar-refractivity contribution in [1.82, 2.24) is 14.6 Å². The van der Waals surface area contributed by atoms with Crippen LogP contribution < -0.4 is 10.6 Å². The number of aryl methyl sites for hydroxylation is 1. The molecule has 1 fully saturated rings. The van der Waals surface area contributed by atoms with Gasteiger partial charge in [0.2, 0.25) is 10.0 Å². The summed E-state index contributed by atoms with van der Waals surface area (Å²) in [5, 5.41) is 5.60. The van der Waals surface area contributed by atoms with Gasteiger partial charge in [0.25, 0.3) is 0 Å². The number of hydrogen-bond acceptors (Lipinski definition) is 4. The zero-order valence-corrected chi connectivity index (χ0v) is 15.4. The van der Waals surface area contributed by atoms with Crippen molar-refractivity contribution < 1.29 is 13.2 Å². The Hall–Kier alpha value is -2.45. The molecular formula is C18H22N4O3S. The van der Waals surface area contributed by atoms with Crippen molar-refractivity contribution in [3.63, 3.8) is 0 Å². The fraction of sp³-hybridized carbons (Fsp3) is 0.333. The number of rotatable bonds is 4. The first-order valence-corrected chi connectivity index (χ1v) is 9.93. The maximum Gasteiger partial charge on any atom is 0.319 e. The molecule has 7 nitrogen and oxygen atoms in total. The van der Waals surface area contributed by atoms with E-state index in [9.17, 15) is 13.2 Å². The summed E-state index contributed by atoms with van der Waals surface area (Å²) < 4.78 is 26.9. The van der Waals surface area contributed by atoms with Gasteiger partial charge < -0.3 is 10.6 Å². The normalized spacial score (nSPS) is 16.2. The molecule has 3 rings (SSSR count). The van der Waals surface area contributed by atoms with Crippen molar-refractivity contribution in [2.75, 3.05) is 18.4 Å². The van der Waals surface area contributed by atoms with Crippen LogP contribution in [0, 0.1) is 6.92 Å². The second kappa shape index (κ2) is 7.84. The highest BCUT2D eigenvalue weighted by Gasteiger charge is 2.29. The summed E-state index contributed by atoms with van der Waals surface area (Å²) >= 11 is 0. The molecule has 1 aromatic heterocycles. The van der Waals surface area contributed by atoms with Crippen LogP contribution in [0.15, 0.2) is 53.7 Å². The van der Waals surface area contributed by atoms with Crippen molar-refractivity contribution >= 4 is 21.7 Å². The van der Waals surface area contributed by atoms with Crippen LogP contribution in [0.3, 0.4) is 0 Å². The molecule has 8 heteroatoms. The van der Waals surface area contributed by atoms with E-state index in [0.717, 1.165) is 5.56 Å². The van der Waals surface area contributed by atoms with E-state index in [1.54, 1.807) is 48.8 Å². The largest absolute Gasteiger partial charge is 0.335 e. The van der Waals surface area contributed by atoms with Gasteiger partial charge in [-0.05, 0) is 44.0 Å². The quantitative estimate of drug-likeness (QED) is 0.859. The van der Waals surface area contributed by atoms with Crippen LogP contribution >= 0.6 is 0 Å². The lowest BCUT2D eigenvalue weighted by molar-refractivity contribution is 0.238. The molecule has 1 aromatic carbocycles. The summed E-state index contributed by atoms with van der Waals surface area (Å²) in [4.78, 5) is 16.3. The molecule has 138 valence electrons. The number of nitrogens with zero attached hydrogens (tertiary/aromatic N) is 2. The SMILES string of the molecule is Cc1ccc(S(=O)(=O)N2CCC(NC(=O)Nc3cccnc3)CC2)cc1. The molecule has 0 spiro atoms. The first-order chi connectivity index (χ1) is 12.4. The van der Waals surface area contributed by atoms with Crippen LogP contribution in [0.25, 0.3) is 0 Å². The summed E-state index contributed by atoms with van der Waals surface area (Å²) in [7, 11) is -3.48. The van der Waals surface area contributed by atoms with Gasteiger partial charge in [-0.2, -0.15) is 4.31 Å². The fourth-order valence-corrected chi connectivity index (χ4v) is 4.36. The van der Waals surface area contributed by atoms with Crippen molar-refractivity contribution in [2.24, 2.45) is 0 Å². The maximum atomic E-state index is 12.7. The molecule has 2 aromatic rings. The van der Waals surface area contributed by atoms with Crippen molar-refractivity contribution in [3.8, 4) is 0 Å². The van der Waals surface area contributed by atoms with E-state index < -0.39 is 10.0 Å². The topological polar surface area (TPSA) is 91.4 Å². The standard InChI is InChI=1S/C18H22N4O3S/c1-14-4-6-17(7-5-14)26(24,25)22-11-8-15(9-12-22)20-18(23)21-16-3-2-10-19-13-16/h2-7,10,13,15H,8-9,11-12H2,1H3,(H2,20,21,23). The molecule has 26 heavy (non-hydrogen) atoms. The highest BCUT2D eigenvalue weighted by Crippen LogP contribution is 2.21. The molecule has 0 bridgehead atoms. The van der Waals surface area contributed by atoms with Crippen LogP contribution in [0.5, 0.6) is 0 Å². The average molecular weight is 374 g/mol. The lowest BCUT2D eigenvalue weighted by atomic mass is 10.1. The third-order valence-corrected chi connectivity index (χ3v) is 6.28. The van der Waals surface area contributed by atoms with Gasteiger partial charge in [0.15, 0.2) is 0 Å². The predicted octanol–water partition coefficient (Wildman–Crippen LogP) is 2.36. The third-order valence-electron chi connectivity index (χ3n) is 4.37. The minimum atomic E-state index is -3.48. The van der Waals surface area contributed by atoms with E-state index in [2.05, 4.69) is 15.6 Å². The molecule has 0 unspecified atom stereocenters. The third kappa shape index (κ3) is 4.39. The number of sulfonamides is 1. The first kappa shape index (κ1) is 18.3. The first-order valence-electron chi connectivity index (χ1n) is 8.49. The van der Waals surface area contributed by atoms with Crippen LogP contribution in [0.2, 0.25) is 0 Å². The maximum absolute atomic E-state index is 12.7. The summed E-state index contributed by atoms with van der Waals surface area (Å²) in [6.45, 7) is 2.69. The van der Waals surface area contributed by atoms with Gasteiger partial charge in [-0.3, -0.25) is 4.98 Å². The predicted molar refractivity (Wildman–Crippen MR) is 99.4 cm³/mol. The van der Waals surface area contributed by atoms with E-state index in [0.29, 0.717) is 36.5 Å². The Morgan fingerprint density at radius 2 is 1.85 bits per heavy atom. The smallest absolute Gasteiger partial charge is 0.319 e. The molecular weight excluding hydrogens is 352 g/mol. The molecule has 0 aliphatic carbocycles. The number of carbonyl (C=O) groups excluding carboxylic acids is 1. The zero-order valence-electron chi connectivity index (χ0n) is 14.6. The number of urea groups is 1. The Kier molecular flexibility index (Phi) is 5.53. The Balaban J connectivity index is 1.54. The molecule has 0 saturated carbocycles. The molecule has 1 aliphatic heterocycles. The Labute approximate surface area is 153 Å². The molecule has 0 atom stereocenters. The summed E-state index contributed by atoms with van der Waals surface area (Å²) in [5.41, 5.74) is 1.64. The highest BCUT2D eigenvalue weighted by molar-refractivity contribution is 7.89. The summed E-state index contributed by atoms with van der Waals surface area (Å²) in [6, 6.07) is 9.99. The number of nitrogens with one attached hydrogen (secondary N) is 2. The van der Waals surface area contributed by atoms with Gasteiger partial charge in [-0.25, -0.2) is 13.2 Å². The Morgan fingerprint density at radius 3 is 2.46 bits per heavy atom. The number of amides is 2. The Morgan fingerprint density at radius 1 is 1.15 bits per heavy atom. The second-order valence-corrected chi connectivity index (χ2v) is 8.27. The highest BCUT2D eigenvalue weighted by atomic mass is 32.2. The number of anilines is 1. The van der Waals surface area contributed by atoms with Crippen molar-refractivity contribution in [1.29, 1.82) is 0 Å². The number of piperidine rings is 1. The van der Waals surface area contributed by atoms with E-state index >= 15 is 0 Å². The number of pyridine rings is 1. The molecule has 2 N–H and O–H groups in total. The van der Waals surface area contributed by atoms with Crippen LogP contribution in [-0.2, 0) is 10.0 Å². The molecule has 2 heterocycles. The van der Waals surface area contributed by atoms with E-state index in [1.807, 2.05) is 6.92 Å². The Bertz CT molecular complexity index is 846. The van der Waals surface area contributed by atoms with Gasteiger partial charge >= 0.3 is 6.03 Å². The number of benzene rings is 1. The monoisotopic (exact) mass is 374 g/mol. The molecule has 1 saturated heterocycles.